The second-order valence-corrected chi connectivity index (χ2v) is 9.73. The Morgan fingerprint density at radius 1 is 1.00 bits per heavy atom. The first kappa shape index (κ1) is 24.5. The number of piperidine rings is 1. The summed E-state index contributed by atoms with van der Waals surface area (Å²) in [7, 11) is -3.64. The van der Waals surface area contributed by atoms with Crippen molar-refractivity contribution in [1.82, 2.24) is 14.9 Å². The van der Waals surface area contributed by atoms with E-state index in [0.717, 1.165) is 0 Å². The van der Waals surface area contributed by atoms with Crippen LogP contribution in [0.5, 0.6) is 0 Å². The lowest BCUT2D eigenvalue weighted by Gasteiger charge is -2.32. The molecule has 0 spiro atoms. The molecule has 1 saturated heterocycles. The summed E-state index contributed by atoms with van der Waals surface area (Å²) in [5.74, 6) is 0.543. The number of alkyl halides is 3. The summed E-state index contributed by atoms with van der Waals surface area (Å²) >= 11 is 0. The number of benzene rings is 1. The van der Waals surface area contributed by atoms with Gasteiger partial charge < -0.3 is 10.6 Å². The first-order chi connectivity index (χ1) is 13.8. The molecule has 1 aromatic carbocycles. The van der Waals surface area contributed by atoms with Crippen molar-refractivity contribution < 1.29 is 21.6 Å². The SMILES string of the molecule is CN=C(NCc1c(C)c(C)c(C)c(C)c1C)NC1CCN(S(=O)(=O)C(F)(F)F)CC1. The third-order valence-corrected chi connectivity index (χ3v) is 7.87. The Bertz CT molecular complexity index is 890. The monoisotopic (exact) mass is 448 g/mol. The van der Waals surface area contributed by atoms with Gasteiger partial charge in [-0.05, 0) is 80.8 Å². The molecule has 0 radical (unpaired) electrons. The average Bonchev–Trinajstić information content (AvgIpc) is 2.69. The lowest BCUT2D eigenvalue weighted by Crippen LogP contribution is -2.51. The number of hydrogen-bond acceptors (Lipinski definition) is 3. The molecule has 10 heteroatoms. The zero-order valence-electron chi connectivity index (χ0n) is 18.4. The highest BCUT2D eigenvalue weighted by atomic mass is 32.2. The molecule has 2 N–H and O–H groups in total. The van der Waals surface area contributed by atoms with Crippen molar-refractivity contribution in [2.45, 2.75) is 65.6 Å². The van der Waals surface area contributed by atoms with E-state index in [9.17, 15) is 21.6 Å². The molecular formula is C20H31F3N4O2S. The highest BCUT2D eigenvalue weighted by molar-refractivity contribution is 7.90. The van der Waals surface area contributed by atoms with Gasteiger partial charge in [-0.25, -0.2) is 8.42 Å². The van der Waals surface area contributed by atoms with Gasteiger partial charge in [0.05, 0.1) is 0 Å². The van der Waals surface area contributed by atoms with Gasteiger partial charge in [-0.1, -0.05) is 0 Å². The quantitative estimate of drug-likeness (QED) is 0.548. The third-order valence-electron chi connectivity index (χ3n) is 6.24. The Labute approximate surface area is 177 Å². The third kappa shape index (κ3) is 4.91. The van der Waals surface area contributed by atoms with Crippen LogP contribution in [0.15, 0.2) is 4.99 Å². The van der Waals surface area contributed by atoms with Crippen molar-refractivity contribution in [3.63, 3.8) is 0 Å². The van der Waals surface area contributed by atoms with Gasteiger partial charge in [-0.15, -0.1) is 0 Å². The number of aliphatic imine (C=N–C) groups is 1. The van der Waals surface area contributed by atoms with Crippen molar-refractivity contribution in [1.29, 1.82) is 0 Å². The van der Waals surface area contributed by atoms with Crippen molar-refractivity contribution in [2.24, 2.45) is 4.99 Å². The lowest BCUT2D eigenvalue weighted by atomic mass is 9.89. The number of guanidine groups is 1. The van der Waals surface area contributed by atoms with E-state index in [4.69, 9.17) is 0 Å². The van der Waals surface area contributed by atoms with Gasteiger partial charge in [-0.2, -0.15) is 17.5 Å². The van der Waals surface area contributed by atoms with E-state index in [1.807, 2.05) is 0 Å². The van der Waals surface area contributed by atoms with Crippen LogP contribution in [-0.4, -0.2) is 50.4 Å². The maximum absolute atomic E-state index is 12.7. The Kier molecular flexibility index (Phi) is 7.45. The highest BCUT2D eigenvalue weighted by Crippen LogP contribution is 2.29. The van der Waals surface area contributed by atoms with E-state index in [-0.39, 0.29) is 32.0 Å². The molecule has 1 aromatic rings. The van der Waals surface area contributed by atoms with E-state index in [1.165, 1.54) is 33.4 Å². The van der Waals surface area contributed by atoms with Gasteiger partial charge in [0.25, 0.3) is 0 Å². The van der Waals surface area contributed by atoms with Crippen LogP contribution >= 0.6 is 0 Å². The smallest absolute Gasteiger partial charge is 0.354 e. The first-order valence-corrected chi connectivity index (χ1v) is 11.3. The van der Waals surface area contributed by atoms with Crippen molar-refractivity contribution >= 4 is 16.0 Å². The molecule has 0 aromatic heterocycles. The molecule has 30 heavy (non-hydrogen) atoms. The topological polar surface area (TPSA) is 73.8 Å². The second-order valence-electron chi connectivity index (χ2n) is 7.80. The molecule has 6 nitrogen and oxygen atoms in total. The summed E-state index contributed by atoms with van der Waals surface area (Å²) in [6, 6.07) is -0.153. The number of nitrogens with one attached hydrogen (secondary N) is 2. The standard InChI is InChI=1S/C20H31F3N4O2S/c1-12-13(2)15(4)18(16(5)14(12)3)11-25-19(24-6)26-17-7-9-27(10-8-17)30(28,29)20(21,22)23/h17H,7-11H2,1-6H3,(H2,24,25,26). The van der Waals surface area contributed by atoms with Crippen LogP contribution in [0.4, 0.5) is 13.2 Å². The molecule has 1 fully saturated rings. The molecular weight excluding hydrogens is 417 g/mol. The van der Waals surface area contributed by atoms with Gasteiger partial charge in [0.1, 0.15) is 0 Å². The second kappa shape index (κ2) is 9.13. The predicted octanol–water partition coefficient (Wildman–Crippen LogP) is 3.21. The lowest BCUT2D eigenvalue weighted by molar-refractivity contribution is -0.0494. The van der Waals surface area contributed by atoms with Crippen LogP contribution in [0.2, 0.25) is 0 Å². The maximum Gasteiger partial charge on any atom is 0.511 e. The van der Waals surface area contributed by atoms with E-state index < -0.39 is 15.5 Å². The molecule has 2 rings (SSSR count). The van der Waals surface area contributed by atoms with Crippen LogP contribution in [0.25, 0.3) is 0 Å². The minimum atomic E-state index is -5.26. The minimum absolute atomic E-state index is 0.153. The Morgan fingerprint density at radius 3 is 1.90 bits per heavy atom. The Hall–Kier alpha value is -1.81. The van der Waals surface area contributed by atoms with E-state index in [2.05, 4.69) is 50.2 Å². The van der Waals surface area contributed by atoms with Crippen LogP contribution in [0, 0.1) is 34.6 Å². The van der Waals surface area contributed by atoms with Crippen LogP contribution in [0.1, 0.15) is 46.2 Å². The molecule has 1 heterocycles. The summed E-state index contributed by atoms with van der Waals surface area (Å²) in [6.45, 7) is 10.7. The predicted molar refractivity (Wildman–Crippen MR) is 113 cm³/mol. The zero-order valence-corrected chi connectivity index (χ0v) is 19.2. The van der Waals surface area contributed by atoms with Gasteiger partial charge in [0, 0.05) is 32.7 Å². The highest BCUT2D eigenvalue weighted by Gasteiger charge is 2.50. The molecule has 0 bridgehead atoms. The largest absolute Gasteiger partial charge is 0.511 e. The number of halogens is 3. The summed E-state index contributed by atoms with van der Waals surface area (Å²) < 4.78 is 61.7. The molecule has 0 amide bonds. The van der Waals surface area contributed by atoms with Crippen molar-refractivity contribution in [2.75, 3.05) is 20.1 Å². The van der Waals surface area contributed by atoms with Gasteiger partial charge in [0.15, 0.2) is 5.96 Å². The van der Waals surface area contributed by atoms with Crippen molar-refractivity contribution in [3.8, 4) is 0 Å². The van der Waals surface area contributed by atoms with E-state index in [0.29, 0.717) is 16.8 Å². The summed E-state index contributed by atoms with van der Waals surface area (Å²) in [5.41, 5.74) is 2.20. The molecule has 0 aliphatic carbocycles. The normalized spacial score (nSPS) is 17.3. The minimum Gasteiger partial charge on any atom is -0.354 e. The fraction of sp³-hybridized carbons (Fsp3) is 0.650. The molecule has 170 valence electrons. The van der Waals surface area contributed by atoms with E-state index in [1.54, 1.807) is 7.05 Å². The zero-order chi connectivity index (χ0) is 22.9. The molecule has 0 atom stereocenters. The first-order valence-electron chi connectivity index (χ1n) is 9.90. The van der Waals surface area contributed by atoms with Crippen LogP contribution < -0.4 is 10.6 Å². The molecule has 1 aliphatic rings. The molecule has 0 saturated carbocycles. The van der Waals surface area contributed by atoms with Crippen molar-refractivity contribution in [3.05, 3.63) is 33.4 Å². The van der Waals surface area contributed by atoms with Crippen LogP contribution in [-0.2, 0) is 16.6 Å². The van der Waals surface area contributed by atoms with Gasteiger partial charge in [-0.3, -0.25) is 4.99 Å². The van der Waals surface area contributed by atoms with Gasteiger partial charge in [0.2, 0.25) is 0 Å². The van der Waals surface area contributed by atoms with E-state index >= 15 is 0 Å². The number of rotatable bonds is 4. The number of hydrogen-bond donors (Lipinski definition) is 2. The average molecular weight is 449 g/mol. The molecule has 0 unspecified atom stereocenters. The van der Waals surface area contributed by atoms with Gasteiger partial charge >= 0.3 is 15.5 Å². The Balaban J connectivity index is 2.00. The number of sulfonamides is 1. The molecule has 1 aliphatic heterocycles. The fourth-order valence-corrected chi connectivity index (χ4v) is 4.77. The summed E-state index contributed by atoms with van der Waals surface area (Å²) in [6.07, 6.45) is 0.549. The maximum atomic E-state index is 12.7. The Morgan fingerprint density at radius 2 is 1.47 bits per heavy atom. The fourth-order valence-electron chi connectivity index (χ4n) is 3.79. The summed E-state index contributed by atoms with van der Waals surface area (Å²) in [5, 5.41) is 6.48. The number of nitrogens with zero attached hydrogens (tertiary/aromatic N) is 2. The summed E-state index contributed by atoms with van der Waals surface area (Å²) in [4.78, 5) is 4.21. The van der Waals surface area contributed by atoms with Crippen LogP contribution in [0.3, 0.4) is 0 Å².